The number of likely N-dealkylation sites (tertiary alicyclic amines) is 1. The molecule has 0 unspecified atom stereocenters. The van der Waals surface area contributed by atoms with Gasteiger partial charge in [0, 0.05) is 19.0 Å². The van der Waals surface area contributed by atoms with Gasteiger partial charge in [-0.25, -0.2) is 4.68 Å². The number of hydrogen-bond acceptors (Lipinski definition) is 7. The van der Waals surface area contributed by atoms with Gasteiger partial charge in [0.2, 0.25) is 11.8 Å². The minimum atomic E-state index is 0.00339. The molecule has 1 fully saturated rings. The van der Waals surface area contributed by atoms with Gasteiger partial charge in [0.05, 0.1) is 5.92 Å². The molecule has 3 heterocycles. The third-order valence-corrected chi connectivity index (χ3v) is 4.32. The predicted octanol–water partition coefficient (Wildman–Crippen LogP) is 0.976. The Kier molecular flexibility index (Phi) is 4.63. The fraction of sp³-hybridized carbons (Fsp3) is 0.714. The van der Waals surface area contributed by atoms with E-state index in [1.807, 2.05) is 4.90 Å². The molecule has 0 bridgehead atoms. The van der Waals surface area contributed by atoms with Crippen molar-refractivity contribution in [1.82, 2.24) is 35.2 Å². The average molecular weight is 319 g/mol. The number of carbonyl (C=O) groups excluding carboxylic acids is 1. The van der Waals surface area contributed by atoms with Crippen LogP contribution in [0.15, 0.2) is 10.9 Å². The Labute approximate surface area is 134 Å². The molecule has 0 aromatic carbocycles. The monoisotopic (exact) mass is 319 g/mol. The zero-order chi connectivity index (χ0) is 16.2. The molecule has 1 aliphatic heterocycles. The van der Waals surface area contributed by atoms with Gasteiger partial charge in [0.15, 0.2) is 5.82 Å². The Hall–Kier alpha value is -2.32. The number of tetrazole rings is 1. The first-order valence-corrected chi connectivity index (χ1v) is 7.99. The SMILES string of the molecule is CC[C@H](C)c1noc([C@@H]2CCCN(C(=O)Cn3cnnn3)C2)n1. The number of nitrogens with zero attached hydrogens (tertiary/aromatic N) is 7. The first-order chi connectivity index (χ1) is 11.2. The summed E-state index contributed by atoms with van der Waals surface area (Å²) in [7, 11) is 0. The van der Waals surface area contributed by atoms with Gasteiger partial charge in [0.1, 0.15) is 12.9 Å². The van der Waals surface area contributed by atoms with E-state index in [1.54, 1.807) is 0 Å². The first kappa shape index (κ1) is 15.6. The van der Waals surface area contributed by atoms with Crippen molar-refractivity contribution < 1.29 is 9.32 Å². The van der Waals surface area contributed by atoms with E-state index < -0.39 is 0 Å². The van der Waals surface area contributed by atoms with E-state index in [0.717, 1.165) is 31.6 Å². The van der Waals surface area contributed by atoms with Crippen molar-refractivity contribution in [2.24, 2.45) is 0 Å². The standard InChI is InChI=1S/C14H21N7O2/c1-3-10(2)13-16-14(23-17-13)11-5-4-6-20(7-11)12(22)8-21-9-15-18-19-21/h9-11H,3-8H2,1-2H3/t10-,11+/m0/s1. The molecule has 1 amide bonds. The summed E-state index contributed by atoms with van der Waals surface area (Å²) < 4.78 is 6.85. The van der Waals surface area contributed by atoms with Crippen molar-refractivity contribution in [3.8, 4) is 0 Å². The minimum Gasteiger partial charge on any atom is -0.340 e. The number of rotatable bonds is 5. The molecule has 2 atom stereocenters. The van der Waals surface area contributed by atoms with Crippen LogP contribution in [0.2, 0.25) is 0 Å². The highest BCUT2D eigenvalue weighted by atomic mass is 16.5. The highest BCUT2D eigenvalue weighted by Crippen LogP contribution is 2.27. The molecule has 0 saturated carbocycles. The average Bonchev–Trinajstić information content (AvgIpc) is 3.26. The molecule has 0 N–H and O–H groups in total. The molecule has 2 aromatic rings. The Morgan fingerprint density at radius 2 is 2.39 bits per heavy atom. The van der Waals surface area contributed by atoms with Gasteiger partial charge in [-0.05, 0) is 29.7 Å². The summed E-state index contributed by atoms with van der Waals surface area (Å²) in [6.45, 7) is 5.67. The van der Waals surface area contributed by atoms with Gasteiger partial charge in [-0.1, -0.05) is 19.0 Å². The molecular formula is C14H21N7O2. The second-order valence-electron chi connectivity index (χ2n) is 5.99. The van der Waals surface area contributed by atoms with Crippen LogP contribution in [0.1, 0.15) is 56.7 Å². The van der Waals surface area contributed by atoms with Crippen LogP contribution in [0.25, 0.3) is 0 Å². The van der Waals surface area contributed by atoms with Crippen molar-refractivity contribution in [2.45, 2.75) is 51.5 Å². The van der Waals surface area contributed by atoms with Crippen LogP contribution in [-0.2, 0) is 11.3 Å². The van der Waals surface area contributed by atoms with E-state index in [-0.39, 0.29) is 24.3 Å². The lowest BCUT2D eigenvalue weighted by atomic mass is 9.98. The molecule has 1 saturated heterocycles. The maximum absolute atomic E-state index is 12.3. The molecule has 9 nitrogen and oxygen atoms in total. The van der Waals surface area contributed by atoms with Crippen LogP contribution in [-0.4, -0.2) is 54.2 Å². The van der Waals surface area contributed by atoms with Crippen molar-refractivity contribution >= 4 is 5.91 Å². The van der Waals surface area contributed by atoms with Gasteiger partial charge >= 0.3 is 0 Å². The zero-order valence-corrected chi connectivity index (χ0v) is 13.4. The van der Waals surface area contributed by atoms with Crippen LogP contribution in [0.5, 0.6) is 0 Å². The fourth-order valence-corrected chi connectivity index (χ4v) is 2.69. The van der Waals surface area contributed by atoms with Gasteiger partial charge < -0.3 is 9.42 Å². The Balaban J connectivity index is 1.63. The molecule has 0 aliphatic carbocycles. The molecule has 0 spiro atoms. The van der Waals surface area contributed by atoms with E-state index in [9.17, 15) is 4.79 Å². The van der Waals surface area contributed by atoms with E-state index in [0.29, 0.717) is 12.4 Å². The minimum absolute atomic E-state index is 0.00339. The summed E-state index contributed by atoms with van der Waals surface area (Å²) >= 11 is 0. The highest BCUT2D eigenvalue weighted by molar-refractivity contribution is 5.76. The fourth-order valence-electron chi connectivity index (χ4n) is 2.69. The molecule has 23 heavy (non-hydrogen) atoms. The Morgan fingerprint density at radius 1 is 1.52 bits per heavy atom. The number of piperidine rings is 1. The van der Waals surface area contributed by atoms with Crippen molar-refractivity contribution in [1.29, 1.82) is 0 Å². The zero-order valence-electron chi connectivity index (χ0n) is 13.4. The maximum Gasteiger partial charge on any atom is 0.244 e. The number of aromatic nitrogens is 6. The highest BCUT2D eigenvalue weighted by Gasteiger charge is 2.29. The van der Waals surface area contributed by atoms with E-state index >= 15 is 0 Å². The van der Waals surface area contributed by atoms with Gasteiger partial charge in [-0.15, -0.1) is 5.10 Å². The van der Waals surface area contributed by atoms with Gasteiger partial charge in [-0.3, -0.25) is 4.79 Å². The Bertz CT molecular complexity index is 639. The van der Waals surface area contributed by atoms with Crippen molar-refractivity contribution in [3.63, 3.8) is 0 Å². The van der Waals surface area contributed by atoms with Crippen molar-refractivity contribution in [3.05, 3.63) is 18.0 Å². The third-order valence-electron chi connectivity index (χ3n) is 4.32. The summed E-state index contributed by atoms with van der Waals surface area (Å²) in [6, 6.07) is 0. The third kappa shape index (κ3) is 3.54. The molecule has 9 heteroatoms. The lowest BCUT2D eigenvalue weighted by molar-refractivity contribution is -0.133. The van der Waals surface area contributed by atoms with Crippen LogP contribution in [0.4, 0.5) is 0 Å². The van der Waals surface area contributed by atoms with Gasteiger partial charge in [0.25, 0.3) is 0 Å². The van der Waals surface area contributed by atoms with E-state index in [2.05, 4.69) is 39.5 Å². The molecule has 124 valence electrons. The second kappa shape index (κ2) is 6.84. The molecule has 0 radical (unpaired) electrons. The van der Waals surface area contributed by atoms with Crippen molar-refractivity contribution in [2.75, 3.05) is 13.1 Å². The summed E-state index contributed by atoms with van der Waals surface area (Å²) in [4.78, 5) is 18.7. The summed E-state index contributed by atoms with van der Waals surface area (Å²) in [5, 5.41) is 14.9. The first-order valence-electron chi connectivity index (χ1n) is 7.99. The number of carbonyl (C=O) groups is 1. The predicted molar refractivity (Wildman–Crippen MR) is 79.4 cm³/mol. The second-order valence-corrected chi connectivity index (χ2v) is 5.99. The van der Waals surface area contributed by atoms with Crippen LogP contribution in [0, 0.1) is 0 Å². The van der Waals surface area contributed by atoms with E-state index in [1.165, 1.54) is 11.0 Å². The Morgan fingerprint density at radius 3 is 3.13 bits per heavy atom. The summed E-state index contributed by atoms with van der Waals surface area (Å²) in [5.41, 5.74) is 0. The van der Waals surface area contributed by atoms with Crippen LogP contribution in [0.3, 0.4) is 0 Å². The lowest BCUT2D eigenvalue weighted by Crippen LogP contribution is -2.41. The largest absolute Gasteiger partial charge is 0.340 e. The maximum atomic E-state index is 12.3. The van der Waals surface area contributed by atoms with Gasteiger partial charge in [-0.2, -0.15) is 4.98 Å². The smallest absolute Gasteiger partial charge is 0.244 e. The number of hydrogen-bond donors (Lipinski definition) is 0. The topological polar surface area (TPSA) is 103 Å². The summed E-state index contributed by atoms with van der Waals surface area (Å²) in [5.74, 6) is 1.78. The van der Waals surface area contributed by atoms with Crippen LogP contribution < -0.4 is 0 Å². The molecule has 3 rings (SSSR count). The normalized spacial score (nSPS) is 19.7. The molecule has 1 aliphatic rings. The number of amides is 1. The molecular weight excluding hydrogens is 298 g/mol. The van der Waals surface area contributed by atoms with E-state index in [4.69, 9.17) is 4.52 Å². The quantitative estimate of drug-likeness (QED) is 0.809. The molecule has 2 aromatic heterocycles. The summed E-state index contributed by atoms with van der Waals surface area (Å²) in [6.07, 6.45) is 4.29. The lowest BCUT2D eigenvalue weighted by Gasteiger charge is -2.30. The van der Waals surface area contributed by atoms with Crippen LogP contribution >= 0.6 is 0 Å².